The van der Waals surface area contributed by atoms with Crippen molar-refractivity contribution in [1.82, 2.24) is 9.78 Å². The molecule has 0 unspecified atom stereocenters. The van der Waals surface area contributed by atoms with E-state index in [1.165, 1.54) is 29.1 Å². The summed E-state index contributed by atoms with van der Waals surface area (Å²) < 4.78 is 26.1. The van der Waals surface area contributed by atoms with Gasteiger partial charge in [-0.2, -0.15) is 5.10 Å². The summed E-state index contributed by atoms with van der Waals surface area (Å²) in [7, 11) is -1.89. The summed E-state index contributed by atoms with van der Waals surface area (Å²) in [6, 6.07) is 4.12. The fourth-order valence-electron chi connectivity index (χ4n) is 1.87. The maximum absolute atomic E-state index is 12.3. The van der Waals surface area contributed by atoms with Crippen LogP contribution in [0.2, 0.25) is 0 Å². The maximum Gasteiger partial charge on any atom is 0.335 e. The van der Waals surface area contributed by atoms with Crippen molar-refractivity contribution >= 4 is 15.8 Å². The highest BCUT2D eigenvalue weighted by Crippen LogP contribution is 2.19. The molecule has 0 aliphatic carbocycles. The number of nitrogens with zero attached hydrogens (tertiary/aromatic N) is 2. The van der Waals surface area contributed by atoms with Crippen LogP contribution in [0.4, 0.5) is 0 Å². The predicted molar refractivity (Wildman–Crippen MR) is 72.2 cm³/mol. The van der Waals surface area contributed by atoms with E-state index in [0.717, 1.165) is 0 Å². The first-order valence-electron chi connectivity index (χ1n) is 5.84. The Morgan fingerprint density at radius 3 is 2.65 bits per heavy atom. The van der Waals surface area contributed by atoms with Gasteiger partial charge in [0.25, 0.3) is 0 Å². The number of rotatable bonds is 4. The average Bonchev–Trinajstić information content (AvgIpc) is 2.73. The van der Waals surface area contributed by atoms with Gasteiger partial charge in [-0.3, -0.25) is 4.68 Å². The number of carboxylic acid groups (broad SMARTS) is 1. The number of aromatic carboxylic acids is 1. The second-order valence-corrected chi connectivity index (χ2v) is 6.55. The van der Waals surface area contributed by atoms with Gasteiger partial charge in [0.2, 0.25) is 0 Å². The zero-order chi connectivity index (χ0) is 14.9. The summed E-state index contributed by atoms with van der Waals surface area (Å²) in [5, 5.41) is 13.0. The van der Waals surface area contributed by atoms with Crippen molar-refractivity contribution in [3.8, 4) is 0 Å². The van der Waals surface area contributed by atoms with Gasteiger partial charge in [0.1, 0.15) is 0 Å². The van der Waals surface area contributed by atoms with Gasteiger partial charge in [-0.15, -0.1) is 0 Å². The molecular formula is C13H14N2O4S. The molecule has 1 aromatic carbocycles. The Bertz CT molecular complexity index is 762. The van der Waals surface area contributed by atoms with Crippen molar-refractivity contribution in [3.05, 3.63) is 47.3 Å². The Hall–Kier alpha value is -2.15. The molecule has 1 aromatic heterocycles. The Morgan fingerprint density at radius 2 is 2.10 bits per heavy atom. The van der Waals surface area contributed by atoms with Crippen molar-refractivity contribution in [2.24, 2.45) is 7.05 Å². The third-order valence-corrected chi connectivity index (χ3v) is 4.60. The molecule has 7 heteroatoms. The quantitative estimate of drug-likeness (QED) is 0.920. The lowest BCUT2D eigenvalue weighted by Gasteiger charge is -2.06. The zero-order valence-electron chi connectivity index (χ0n) is 11.1. The van der Waals surface area contributed by atoms with Crippen molar-refractivity contribution in [2.75, 3.05) is 0 Å². The number of aryl methyl sites for hydroxylation is 2. The molecule has 0 aliphatic heterocycles. The topological polar surface area (TPSA) is 89.3 Å². The normalized spacial score (nSPS) is 11.5. The minimum absolute atomic E-state index is 0.00254. The monoisotopic (exact) mass is 294 g/mol. The van der Waals surface area contributed by atoms with E-state index in [0.29, 0.717) is 11.1 Å². The minimum Gasteiger partial charge on any atom is -0.478 e. The van der Waals surface area contributed by atoms with Gasteiger partial charge in [0.05, 0.1) is 22.4 Å². The maximum atomic E-state index is 12.3. The third-order valence-electron chi connectivity index (χ3n) is 2.91. The van der Waals surface area contributed by atoms with Crippen LogP contribution in [0.25, 0.3) is 0 Å². The van der Waals surface area contributed by atoms with Crippen molar-refractivity contribution in [3.63, 3.8) is 0 Å². The van der Waals surface area contributed by atoms with Crippen LogP contribution in [-0.2, 0) is 22.6 Å². The number of aromatic nitrogens is 2. The molecule has 0 spiro atoms. The Kier molecular flexibility index (Phi) is 3.63. The first kappa shape index (κ1) is 14.3. The molecule has 1 heterocycles. The van der Waals surface area contributed by atoms with Gasteiger partial charge in [-0.05, 0) is 24.6 Å². The van der Waals surface area contributed by atoms with E-state index in [4.69, 9.17) is 5.11 Å². The molecule has 0 saturated heterocycles. The predicted octanol–water partition coefficient (Wildman–Crippen LogP) is 1.40. The smallest absolute Gasteiger partial charge is 0.335 e. The van der Waals surface area contributed by atoms with Crippen LogP contribution >= 0.6 is 0 Å². The van der Waals surface area contributed by atoms with Gasteiger partial charge < -0.3 is 5.11 Å². The minimum atomic E-state index is -3.59. The van der Waals surface area contributed by atoms with Gasteiger partial charge in [-0.1, -0.05) is 6.07 Å². The van der Waals surface area contributed by atoms with E-state index >= 15 is 0 Å². The highest BCUT2D eigenvalue weighted by Gasteiger charge is 2.19. The Balaban J connectivity index is 2.39. The average molecular weight is 294 g/mol. The van der Waals surface area contributed by atoms with Gasteiger partial charge in [0.15, 0.2) is 9.84 Å². The number of benzene rings is 1. The molecule has 20 heavy (non-hydrogen) atoms. The standard InChI is InChI=1S/C13H14N2O4S/c1-9-3-4-11(5-12(9)13(16)17)20(18,19)8-10-6-14-15(2)7-10/h3-7H,8H2,1-2H3,(H,16,17). The molecule has 0 saturated carbocycles. The van der Waals surface area contributed by atoms with Gasteiger partial charge in [0, 0.05) is 18.8 Å². The second kappa shape index (κ2) is 5.09. The molecule has 6 nitrogen and oxygen atoms in total. The second-order valence-electron chi connectivity index (χ2n) is 4.56. The number of hydrogen-bond acceptors (Lipinski definition) is 4. The van der Waals surface area contributed by atoms with Crippen molar-refractivity contribution in [1.29, 1.82) is 0 Å². The summed E-state index contributed by atoms with van der Waals surface area (Å²) in [5.41, 5.74) is 1.08. The van der Waals surface area contributed by atoms with Crippen molar-refractivity contribution in [2.45, 2.75) is 17.6 Å². The summed E-state index contributed by atoms with van der Waals surface area (Å²) in [4.78, 5) is 11.1. The molecule has 0 atom stereocenters. The van der Waals surface area contributed by atoms with Gasteiger partial charge >= 0.3 is 5.97 Å². The molecule has 0 aliphatic rings. The Labute approximate surface area is 116 Å². The molecule has 0 radical (unpaired) electrons. The zero-order valence-corrected chi connectivity index (χ0v) is 11.9. The van der Waals surface area contributed by atoms with Crippen LogP contribution in [0.15, 0.2) is 35.5 Å². The van der Waals surface area contributed by atoms with Crippen LogP contribution in [0.5, 0.6) is 0 Å². The van der Waals surface area contributed by atoms with Crippen LogP contribution in [0, 0.1) is 6.92 Å². The van der Waals surface area contributed by atoms with E-state index in [-0.39, 0.29) is 16.2 Å². The van der Waals surface area contributed by atoms with E-state index in [2.05, 4.69) is 5.10 Å². The van der Waals surface area contributed by atoms with E-state index < -0.39 is 15.8 Å². The molecule has 2 rings (SSSR count). The largest absolute Gasteiger partial charge is 0.478 e. The van der Waals surface area contributed by atoms with Crippen LogP contribution in [0.3, 0.4) is 0 Å². The number of carboxylic acids is 1. The van der Waals surface area contributed by atoms with E-state index in [1.807, 2.05) is 0 Å². The highest BCUT2D eigenvalue weighted by molar-refractivity contribution is 7.90. The van der Waals surface area contributed by atoms with Crippen LogP contribution in [0.1, 0.15) is 21.5 Å². The summed E-state index contributed by atoms with van der Waals surface area (Å²) in [5.74, 6) is -1.34. The first-order valence-corrected chi connectivity index (χ1v) is 7.49. The molecule has 106 valence electrons. The first-order chi connectivity index (χ1) is 9.29. The lowest BCUT2D eigenvalue weighted by Crippen LogP contribution is -2.07. The lowest BCUT2D eigenvalue weighted by molar-refractivity contribution is 0.0696. The molecule has 0 bridgehead atoms. The Morgan fingerprint density at radius 1 is 1.40 bits per heavy atom. The van der Waals surface area contributed by atoms with Crippen molar-refractivity contribution < 1.29 is 18.3 Å². The SMILES string of the molecule is Cc1ccc(S(=O)(=O)Cc2cnn(C)c2)cc1C(=O)O. The molecule has 0 fully saturated rings. The third kappa shape index (κ3) is 2.88. The summed E-state index contributed by atoms with van der Waals surface area (Å²) >= 11 is 0. The molecule has 2 aromatic rings. The summed E-state index contributed by atoms with van der Waals surface area (Å²) in [6.07, 6.45) is 3.09. The van der Waals surface area contributed by atoms with Gasteiger partial charge in [-0.25, -0.2) is 13.2 Å². The van der Waals surface area contributed by atoms with Crippen LogP contribution in [-0.4, -0.2) is 29.3 Å². The number of sulfone groups is 1. The van der Waals surface area contributed by atoms with E-state index in [1.54, 1.807) is 20.2 Å². The lowest BCUT2D eigenvalue weighted by atomic mass is 10.1. The number of carbonyl (C=O) groups is 1. The van der Waals surface area contributed by atoms with Crippen LogP contribution < -0.4 is 0 Å². The molecule has 1 N–H and O–H groups in total. The summed E-state index contributed by atoms with van der Waals surface area (Å²) in [6.45, 7) is 1.63. The molecular weight excluding hydrogens is 280 g/mol. The fraction of sp³-hybridized carbons (Fsp3) is 0.231. The van der Waals surface area contributed by atoms with E-state index in [9.17, 15) is 13.2 Å². The highest BCUT2D eigenvalue weighted by atomic mass is 32.2. The number of hydrogen-bond donors (Lipinski definition) is 1. The fourth-order valence-corrected chi connectivity index (χ4v) is 3.20. The molecule has 0 amide bonds.